The molecule has 3 rings (SSSR count). The van der Waals surface area contributed by atoms with Crippen LogP contribution in [0.5, 0.6) is 0 Å². The topological polar surface area (TPSA) is 55.1 Å². The van der Waals surface area contributed by atoms with Gasteiger partial charge in [-0.2, -0.15) is 9.78 Å². The second-order valence-electron chi connectivity index (χ2n) is 6.81. The van der Waals surface area contributed by atoms with Gasteiger partial charge in [0.05, 0.1) is 23.9 Å². The van der Waals surface area contributed by atoms with Gasteiger partial charge >= 0.3 is 0 Å². The molecule has 0 unspecified atom stereocenters. The second kappa shape index (κ2) is 6.04. The van der Waals surface area contributed by atoms with Crippen molar-refractivity contribution in [2.75, 3.05) is 0 Å². The zero-order chi connectivity index (χ0) is 17.5. The van der Waals surface area contributed by atoms with E-state index in [0.29, 0.717) is 21.7 Å². The highest BCUT2D eigenvalue weighted by molar-refractivity contribution is 6.31. The van der Waals surface area contributed by atoms with Crippen LogP contribution in [0.1, 0.15) is 31.9 Å². The first-order chi connectivity index (χ1) is 11.3. The fourth-order valence-electron chi connectivity index (χ4n) is 2.69. The summed E-state index contributed by atoms with van der Waals surface area (Å²) in [5.41, 5.74) is 1.90. The Labute approximate surface area is 145 Å². The Morgan fingerprint density at radius 2 is 1.96 bits per heavy atom. The lowest BCUT2D eigenvalue weighted by Gasteiger charge is -2.19. The Hall–Kier alpha value is -2.17. The van der Waals surface area contributed by atoms with Gasteiger partial charge in [0, 0.05) is 16.0 Å². The summed E-state index contributed by atoms with van der Waals surface area (Å²) in [4.78, 5) is 12.8. The molecule has 0 aliphatic rings. The molecule has 1 heterocycles. The molecule has 4 nitrogen and oxygen atoms in total. The van der Waals surface area contributed by atoms with E-state index in [-0.39, 0.29) is 17.6 Å². The van der Waals surface area contributed by atoms with Crippen molar-refractivity contribution in [1.82, 2.24) is 9.78 Å². The van der Waals surface area contributed by atoms with Crippen molar-refractivity contribution in [3.63, 3.8) is 0 Å². The van der Waals surface area contributed by atoms with Crippen molar-refractivity contribution in [3.8, 4) is 5.69 Å². The van der Waals surface area contributed by atoms with Gasteiger partial charge in [-0.05, 0) is 35.2 Å². The number of hydrogen-bond acceptors (Lipinski definition) is 3. The van der Waals surface area contributed by atoms with E-state index in [2.05, 4.69) is 25.9 Å². The van der Waals surface area contributed by atoms with Gasteiger partial charge in [-0.3, -0.25) is 4.79 Å². The Morgan fingerprint density at radius 3 is 2.62 bits per heavy atom. The minimum absolute atomic E-state index is 0.0000646. The largest absolute Gasteiger partial charge is 0.392 e. The molecule has 3 aromatic rings. The predicted octanol–water partition coefficient (Wildman–Crippen LogP) is 3.83. The van der Waals surface area contributed by atoms with Crippen molar-refractivity contribution in [2.24, 2.45) is 0 Å². The molecule has 5 heteroatoms. The van der Waals surface area contributed by atoms with Crippen LogP contribution in [0.4, 0.5) is 0 Å². The van der Waals surface area contributed by atoms with Gasteiger partial charge in [0.2, 0.25) is 0 Å². The third-order valence-electron chi connectivity index (χ3n) is 4.13. The summed E-state index contributed by atoms with van der Waals surface area (Å²) in [6.07, 6.45) is 1.67. The predicted molar refractivity (Wildman–Crippen MR) is 97.0 cm³/mol. The number of aliphatic hydroxyl groups excluding tert-OH is 1. The number of nitrogens with zero attached hydrogens (tertiary/aromatic N) is 2. The molecule has 124 valence electrons. The molecule has 0 atom stereocenters. The lowest BCUT2D eigenvalue weighted by atomic mass is 9.86. The molecule has 2 aromatic carbocycles. The fourth-order valence-corrected chi connectivity index (χ4v) is 2.92. The molecule has 0 bridgehead atoms. The maximum Gasteiger partial charge on any atom is 0.279 e. The molecule has 0 saturated heterocycles. The maximum absolute atomic E-state index is 12.8. The van der Waals surface area contributed by atoms with Crippen LogP contribution in [0.25, 0.3) is 16.5 Å². The van der Waals surface area contributed by atoms with Crippen molar-refractivity contribution in [1.29, 1.82) is 0 Å². The molecule has 0 saturated carbocycles. The third-order valence-corrected chi connectivity index (χ3v) is 4.49. The number of halogens is 1. The van der Waals surface area contributed by atoms with E-state index in [4.69, 9.17) is 11.6 Å². The molecule has 0 aliphatic heterocycles. The Morgan fingerprint density at radius 1 is 1.21 bits per heavy atom. The van der Waals surface area contributed by atoms with Crippen LogP contribution in [-0.2, 0) is 12.0 Å². The van der Waals surface area contributed by atoms with E-state index >= 15 is 0 Å². The summed E-state index contributed by atoms with van der Waals surface area (Å²) in [7, 11) is 0. The van der Waals surface area contributed by atoms with Crippen molar-refractivity contribution in [2.45, 2.75) is 32.8 Å². The SMILES string of the molecule is CC(C)(C)c1ccc2c(=O)n(-c3cccc(Cl)c3CO)ncc2c1. The van der Waals surface area contributed by atoms with Crippen LogP contribution < -0.4 is 5.56 Å². The smallest absolute Gasteiger partial charge is 0.279 e. The van der Waals surface area contributed by atoms with Gasteiger partial charge in [0.25, 0.3) is 5.56 Å². The molecule has 1 N–H and O–H groups in total. The van der Waals surface area contributed by atoms with E-state index in [0.717, 1.165) is 10.9 Å². The first-order valence-electron chi connectivity index (χ1n) is 7.74. The van der Waals surface area contributed by atoms with E-state index in [1.54, 1.807) is 24.4 Å². The summed E-state index contributed by atoms with van der Waals surface area (Å²) < 4.78 is 1.29. The molecular weight excluding hydrogens is 324 g/mol. The number of aliphatic hydroxyl groups is 1. The molecular formula is C19H19ClN2O2. The molecule has 24 heavy (non-hydrogen) atoms. The number of fused-ring (bicyclic) bond motifs is 1. The van der Waals surface area contributed by atoms with Crippen LogP contribution in [0.15, 0.2) is 47.4 Å². The number of hydrogen-bond donors (Lipinski definition) is 1. The molecule has 0 spiro atoms. The van der Waals surface area contributed by atoms with Crippen molar-refractivity contribution < 1.29 is 5.11 Å². The molecule has 0 radical (unpaired) electrons. The van der Waals surface area contributed by atoms with E-state index < -0.39 is 0 Å². The molecule has 0 aliphatic carbocycles. The summed E-state index contributed by atoms with van der Waals surface area (Å²) >= 11 is 6.12. The molecule has 0 amide bonds. The Kier molecular flexibility index (Phi) is 4.20. The third kappa shape index (κ3) is 2.83. The summed E-state index contributed by atoms with van der Waals surface area (Å²) in [5, 5.41) is 15.6. The summed E-state index contributed by atoms with van der Waals surface area (Å²) in [6.45, 7) is 6.12. The molecule has 1 aromatic heterocycles. The zero-order valence-electron chi connectivity index (χ0n) is 13.9. The van der Waals surface area contributed by atoms with Gasteiger partial charge in [0.1, 0.15) is 0 Å². The number of aromatic nitrogens is 2. The van der Waals surface area contributed by atoms with Crippen LogP contribution in [0, 0.1) is 0 Å². The lowest BCUT2D eigenvalue weighted by Crippen LogP contribution is -2.22. The van der Waals surface area contributed by atoms with Gasteiger partial charge < -0.3 is 5.11 Å². The van der Waals surface area contributed by atoms with Gasteiger partial charge in [0.15, 0.2) is 0 Å². The Balaban J connectivity index is 2.24. The highest BCUT2D eigenvalue weighted by atomic mass is 35.5. The fraction of sp³-hybridized carbons (Fsp3) is 0.263. The highest BCUT2D eigenvalue weighted by Crippen LogP contribution is 2.26. The van der Waals surface area contributed by atoms with Crippen molar-refractivity contribution >= 4 is 22.4 Å². The summed E-state index contributed by atoms with van der Waals surface area (Å²) in [6, 6.07) is 10.9. The van der Waals surface area contributed by atoms with E-state index in [1.807, 2.05) is 18.2 Å². The quantitative estimate of drug-likeness (QED) is 0.770. The van der Waals surface area contributed by atoms with Gasteiger partial charge in [-0.1, -0.05) is 44.5 Å². The van der Waals surface area contributed by atoms with E-state index in [1.165, 1.54) is 4.68 Å². The van der Waals surface area contributed by atoms with Gasteiger partial charge in [-0.25, -0.2) is 0 Å². The average molecular weight is 343 g/mol. The van der Waals surface area contributed by atoms with Crippen LogP contribution >= 0.6 is 11.6 Å². The van der Waals surface area contributed by atoms with Crippen LogP contribution in [-0.4, -0.2) is 14.9 Å². The second-order valence-corrected chi connectivity index (χ2v) is 7.22. The zero-order valence-corrected chi connectivity index (χ0v) is 14.6. The van der Waals surface area contributed by atoms with Gasteiger partial charge in [-0.15, -0.1) is 0 Å². The minimum Gasteiger partial charge on any atom is -0.392 e. The number of rotatable bonds is 2. The highest BCUT2D eigenvalue weighted by Gasteiger charge is 2.16. The average Bonchev–Trinajstić information content (AvgIpc) is 2.54. The normalized spacial score (nSPS) is 11.9. The first kappa shape index (κ1) is 16.7. The van der Waals surface area contributed by atoms with Crippen molar-refractivity contribution in [3.05, 3.63) is 69.1 Å². The first-order valence-corrected chi connectivity index (χ1v) is 8.12. The molecule has 0 fully saturated rings. The number of benzene rings is 2. The Bertz CT molecular complexity index is 971. The maximum atomic E-state index is 12.8. The monoisotopic (exact) mass is 342 g/mol. The lowest BCUT2D eigenvalue weighted by molar-refractivity contribution is 0.281. The summed E-state index contributed by atoms with van der Waals surface area (Å²) in [5.74, 6) is 0. The minimum atomic E-state index is -0.260. The van der Waals surface area contributed by atoms with E-state index in [9.17, 15) is 9.90 Å². The van der Waals surface area contributed by atoms with Crippen LogP contribution in [0.3, 0.4) is 0 Å². The van der Waals surface area contributed by atoms with Crippen LogP contribution in [0.2, 0.25) is 5.02 Å². The standard InChI is InChI=1S/C19H19ClN2O2/c1-19(2,3)13-7-8-14-12(9-13)10-21-22(18(14)24)17-6-4-5-16(20)15(17)11-23/h4-10,23H,11H2,1-3H3.